The summed E-state index contributed by atoms with van der Waals surface area (Å²) in [6, 6.07) is 1.40. The number of hydrogen-bond donors (Lipinski definition) is 1. The number of ether oxygens (including phenoxy) is 1. The molecule has 0 aromatic rings. The van der Waals surface area contributed by atoms with Crippen molar-refractivity contribution in [3.05, 3.63) is 0 Å². The lowest BCUT2D eigenvalue weighted by Crippen LogP contribution is -2.34. The summed E-state index contributed by atoms with van der Waals surface area (Å²) in [7, 11) is 0. The maximum atomic E-state index is 5.78. The van der Waals surface area contributed by atoms with Gasteiger partial charge >= 0.3 is 0 Å². The van der Waals surface area contributed by atoms with Crippen LogP contribution in [0.3, 0.4) is 0 Å². The molecule has 13 heavy (non-hydrogen) atoms. The van der Waals surface area contributed by atoms with Gasteiger partial charge in [0.25, 0.3) is 0 Å². The largest absolute Gasteiger partial charge is 0.378 e. The lowest BCUT2D eigenvalue weighted by molar-refractivity contribution is 0.0571. The summed E-state index contributed by atoms with van der Waals surface area (Å²) >= 11 is 0. The summed E-state index contributed by atoms with van der Waals surface area (Å²) in [5, 5.41) is 3.65. The molecule has 0 saturated carbocycles. The molecular formula is C11H21NO. The Labute approximate surface area is 81.0 Å². The van der Waals surface area contributed by atoms with E-state index in [1.54, 1.807) is 0 Å². The van der Waals surface area contributed by atoms with Gasteiger partial charge in [0.05, 0.1) is 6.10 Å². The fourth-order valence-electron chi connectivity index (χ4n) is 2.90. The predicted molar refractivity (Wildman–Crippen MR) is 53.8 cm³/mol. The van der Waals surface area contributed by atoms with Gasteiger partial charge in [0.15, 0.2) is 0 Å². The van der Waals surface area contributed by atoms with Crippen LogP contribution < -0.4 is 5.32 Å². The van der Waals surface area contributed by atoms with Gasteiger partial charge in [-0.2, -0.15) is 0 Å². The standard InChI is InChI=1S/C11H21NO/c1-3-10-9(7-8(2)12-10)11-5-4-6-13-11/h8-12H,3-7H2,1-2H3. The molecule has 0 spiro atoms. The van der Waals surface area contributed by atoms with Crippen molar-refractivity contribution in [1.82, 2.24) is 5.32 Å². The lowest BCUT2D eigenvalue weighted by atomic mass is 9.90. The molecule has 2 heteroatoms. The molecular weight excluding hydrogens is 162 g/mol. The second-order valence-electron chi connectivity index (χ2n) is 4.53. The molecule has 2 rings (SSSR count). The van der Waals surface area contributed by atoms with E-state index >= 15 is 0 Å². The maximum Gasteiger partial charge on any atom is 0.0619 e. The van der Waals surface area contributed by atoms with E-state index in [0.717, 1.165) is 12.5 Å². The van der Waals surface area contributed by atoms with Crippen molar-refractivity contribution in [3.8, 4) is 0 Å². The molecule has 2 aliphatic rings. The highest BCUT2D eigenvalue weighted by atomic mass is 16.5. The summed E-state index contributed by atoms with van der Waals surface area (Å²) in [5.74, 6) is 0.780. The summed E-state index contributed by atoms with van der Waals surface area (Å²) in [6.07, 6.45) is 5.67. The highest BCUT2D eigenvalue weighted by Crippen LogP contribution is 2.32. The Hall–Kier alpha value is -0.0800. The second kappa shape index (κ2) is 3.97. The van der Waals surface area contributed by atoms with Gasteiger partial charge in [-0.05, 0) is 32.6 Å². The Morgan fingerprint density at radius 1 is 1.46 bits per heavy atom. The van der Waals surface area contributed by atoms with Crippen molar-refractivity contribution >= 4 is 0 Å². The fraction of sp³-hybridized carbons (Fsp3) is 1.00. The van der Waals surface area contributed by atoms with E-state index in [-0.39, 0.29) is 0 Å². The molecule has 0 radical (unpaired) electrons. The van der Waals surface area contributed by atoms with Crippen LogP contribution in [0.5, 0.6) is 0 Å². The van der Waals surface area contributed by atoms with Crippen molar-refractivity contribution in [3.63, 3.8) is 0 Å². The van der Waals surface area contributed by atoms with Crippen LogP contribution in [-0.2, 0) is 4.74 Å². The second-order valence-corrected chi connectivity index (χ2v) is 4.53. The van der Waals surface area contributed by atoms with Crippen LogP contribution in [0.15, 0.2) is 0 Å². The Bertz CT molecular complexity index is 163. The van der Waals surface area contributed by atoms with E-state index < -0.39 is 0 Å². The van der Waals surface area contributed by atoms with Gasteiger partial charge < -0.3 is 10.1 Å². The number of rotatable bonds is 2. The van der Waals surface area contributed by atoms with Crippen molar-refractivity contribution in [2.45, 2.75) is 57.7 Å². The van der Waals surface area contributed by atoms with Crippen molar-refractivity contribution in [2.75, 3.05) is 6.61 Å². The first-order valence-corrected chi connectivity index (χ1v) is 5.69. The van der Waals surface area contributed by atoms with E-state index in [1.807, 2.05) is 0 Å². The zero-order valence-corrected chi connectivity index (χ0v) is 8.75. The Morgan fingerprint density at radius 2 is 2.31 bits per heavy atom. The third-order valence-corrected chi connectivity index (χ3v) is 3.52. The van der Waals surface area contributed by atoms with Crippen LogP contribution in [0.1, 0.15) is 39.5 Å². The van der Waals surface area contributed by atoms with Gasteiger partial charge in [-0.3, -0.25) is 0 Å². The molecule has 0 aromatic heterocycles. The van der Waals surface area contributed by atoms with Crippen LogP contribution in [0.2, 0.25) is 0 Å². The number of hydrogen-bond acceptors (Lipinski definition) is 2. The van der Waals surface area contributed by atoms with Gasteiger partial charge in [0, 0.05) is 24.6 Å². The first-order valence-electron chi connectivity index (χ1n) is 5.69. The summed E-state index contributed by atoms with van der Waals surface area (Å²) < 4.78 is 5.78. The molecule has 0 aromatic carbocycles. The van der Waals surface area contributed by atoms with Gasteiger partial charge in [-0.25, -0.2) is 0 Å². The zero-order valence-electron chi connectivity index (χ0n) is 8.75. The molecule has 2 nitrogen and oxygen atoms in total. The molecule has 4 unspecified atom stereocenters. The quantitative estimate of drug-likeness (QED) is 0.706. The minimum absolute atomic E-state index is 0.558. The topological polar surface area (TPSA) is 21.3 Å². The molecule has 2 saturated heterocycles. The summed E-state index contributed by atoms with van der Waals surface area (Å²) in [4.78, 5) is 0. The van der Waals surface area contributed by atoms with E-state index in [1.165, 1.54) is 25.7 Å². The minimum atomic E-state index is 0.558. The van der Waals surface area contributed by atoms with E-state index in [2.05, 4.69) is 19.2 Å². The SMILES string of the molecule is CCC1NC(C)CC1C1CCCO1. The van der Waals surface area contributed by atoms with Crippen LogP contribution >= 0.6 is 0 Å². The minimum Gasteiger partial charge on any atom is -0.378 e. The lowest BCUT2D eigenvalue weighted by Gasteiger charge is -2.23. The van der Waals surface area contributed by atoms with E-state index in [9.17, 15) is 0 Å². The molecule has 0 bridgehead atoms. The third-order valence-electron chi connectivity index (χ3n) is 3.52. The van der Waals surface area contributed by atoms with E-state index in [0.29, 0.717) is 18.2 Å². The molecule has 2 heterocycles. The summed E-state index contributed by atoms with van der Waals surface area (Å²) in [5.41, 5.74) is 0. The molecule has 2 fully saturated rings. The summed E-state index contributed by atoms with van der Waals surface area (Å²) in [6.45, 7) is 5.56. The predicted octanol–water partition coefficient (Wildman–Crippen LogP) is 1.94. The third kappa shape index (κ3) is 1.89. The highest BCUT2D eigenvalue weighted by Gasteiger charge is 2.37. The van der Waals surface area contributed by atoms with Crippen molar-refractivity contribution in [1.29, 1.82) is 0 Å². The average Bonchev–Trinajstić information content (AvgIpc) is 2.71. The van der Waals surface area contributed by atoms with Gasteiger partial charge in [-0.1, -0.05) is 6.92 Å². The van der Waals surface area contributed by atoms with Crippen LogP contribution in [-0.4, -0.2) is 24.8 Å². The van der Waals surface area contributed by atoms with Gasteiger partial charge in [-0.15, -0.1) is 0 Å². The average molecular weight is 183 g/mol. The number of nitrogens with one attached hydrogen (secondary N) is 1. The Morgan fingerprint density at radius 3 is 2.92 bits per heavy atom. The maximum absolute atomic E-state index is 5.78. The molecule has 0 amide bonds. The fourth-order valence-corrected chi connectivity index (χ4v) is 2.90. The molecule has 2 aliphatic heterocycles. The monoisotopic (exact) mass is 183 g/mol. The van der Waals surface area contributed by atoms with Crippen LogP contribution in [0.4, 0.5) is 0 Å². The zero-order chi connectivity index (χ0) is 9.26. The van der Waals surface area contributed by atoms with Crippen LogP contribution in [0, 0.1) is 5.92 Å². The van der Waals surface area contributed by atoms with Gasteiger partial charge in [0.2, 0.25) is 0 Å². The smallest absolute Gasteiger partial charge is 0.0619 e. The normalized spacial score (nSPS) is 45.7. The van der Waals surface area contributed by atoms with Crippen molar-refractivity contribution in [2.24, 2.45) is 5.92 Å². The Kier molecular flexibility index (Phi) is 2.89. The highest BCUT2D eigenvalue weighted by molar-refractivity contribution is 4.93. The first-order chi connectivity index (χ1) is 6.31. The first kappa shape index (κ1) is 9.47. The molecule has 0 aliphatic carbocycles. The van der Waals surface area contributed by atoms with Crippen LogP contribution in [0.25, 0.3) is 0 Å². The molecule has 1 N–H and O–H groups in total. The van der Waals surface area contributed by atoms with Gasteiger partial charge in [0.1, 0.15) is 0 Å². The molecule has 4 atom stereocenters. The molecule has 76 valence electrons. The van der Waals surface area contributed by atoms with E-state index in [4.69, 9.17) is 4.74 Å². The Balaban J connectivity index is 1.96. The van der Waals surface area contributed by atoms with Crippen molar-refractivity contribution < 1.29 is 4.74 Å².